The molecule has 0 bridgehead atoms. The Balaban J connectivity index is 1.57. The maximum absolute atomic E-state index is 13.2. The Bertz CT molecular complexity index is 788. The summed E-state index contributed by atoms with van der Waals surface area (Å²) in [5.41, 5.74) is 0.488. The van der Waals surface area contributed by atoms with Crippen molar-refractivity contribution in [2.24, 2.45) is 11.8 Å². The molecule has 0 aromatic heterocycles. The van der Waals surface area contributed by atoms with E-state index < -0.39 is 10.0 Å². The van der Waals surface area contributed by atoms with Gasteiger partial charge in [0.15, 0.2) is 0 Å². The summed E-state index contributed by atoms with van der Waals surface area (Å²) in [5.74, 6) is 1.24. The Morgan fingerprint density at radius 1 is 1.12 bits per heavy atom. The first-order valence-corrected chi connectivity index (χ1v) is 11.4. The normalized spacial score (nSPS) is 29.3. The van der Waals surface area contributed by atoms with Gasteiger partial charge in [-0.2, -0.15) is 0 Å². The van der Waals surface area contributed by atoms with E-state index in [9.17, 15) is 13.2 Å². The highest BCUT2D eigenvalue weighted by Crippen LogP contribution is 2.39. The third kappa shape index (κ3) is 3.54. The van der Waals surface area contributed by atoms with Crippen LogP contribution in [0.1, 0.15) is 62.2 Å². The Kier molecular flexibility index (Phi) is 4.82. The third-order valence-electron chi connectivity index (χ3n) is 6.29. The maximum atomic E-state index is 13.2. The number of benzene rings is 1. The van der Waals surface area contributed by atoms with Gasteiger partial charge >= 0.3 is 0 Å². The highest BCUT2D eigenvalue weighted by molar-refractivity contribution is 7.89. The van der Waals surface area contributed by atoms with E-state index in [1.807, 2.05) is 4.90 Å². The maximum Gasteiger partial charge on any atom is 0.254 e. The van der Waals surface area contributed by atoms with E-state index in [4.69, 9.17) is 0 Å². The average Bonchev–Trinajstić information content (AvgIpc) is 3.45. The van der Waals surface area contributed by atoms with Crippen molar-refractivity contribution in [2.45, 2.75) is 68.8 Å². The summed E-state index contributed by atoms with van der Waals surface area (Å²) >= 11 is 0. The fourth-order valence-corrected chi connectivity index (χ4v) is 5.97. The quantitative estimate of drug-likeness (QED) is 0.878. The fraction of sp³-hybridized carbons (Fsp3) is 0.650. The predicted molar refractivity (Wildman–Crippen MR) is 100 cm³/mol. The Hall–Kier alpha value is -1.40. The second-order valence-corrected chi connectivity index (χ2v) is 9.92. The summed E-state index contributed by atoms with van der Waals surface area (Å²) in [5, 5.41) is 0. The molecule has 6 heteroatoms. The van der Waals surface area contributed by atoms with E-state index in [0.717, 1.165) is 32.2 Å². The molecule has 1 heterocycles. The number of amides is 1. The predicted octanol–water partition coefficient (Wildman–Crippen LogP) is 3.17. The van der Waals surface area contributed by atoms with Crippen LogP contribution in [0.3, 0.4) is 0 Å². The van der Waals surface area contributed by atoms with Gasteiger partial charge in [-0.3, -0.25) is 4.79 Å². The molecule has 3 aliphatic rings. The Morgan fingerprint density at radius 3 is 2.65 bits per heavy atom. The van der Waals surface area contributed by atoms with Gasteiger partial charge in [0.25, 0.3) is 5.91 Å². The second kappa shape index (κ2) is 6.97. The molecule has 1 saturated heterocycles. The number of sulfonamides is 1. The summed E-state index contributed by atoms with van der Waals surface area (Å²) in [7, 11) is -3.54. The minimum absolute atomic E-state index is 0.0164. The van der Waals surface area contributed by atoms with Crippen molar-refractivity contribution < 1.29 is 13.2 Å². The first kappa shape index (κ1) is 18.0. The number of carbonyl (C=O) groups excluding carboxylic acids is 1. The molecule has 3 fully saturated rings. The molecule has 2 saturated carbocycles. The first-order valence-electron chi connectivity index (χ1n) is 9.89. The molecule has 1 amide bonds. The molecule has 3 atom stereocenters. The van der Waals surface area contributed by atoms with Crippen molar-refractivity contribution in [1.29, 1.82) is 0 Å². The lowest BCUT2D eigenvalue weighted by Crippen LogP contribution is -2.52. The summed E-state index contributed by atoms with van der Waals surface area (Å²) in [6, 6.07) is 6.91. The van der Waals surface area contributed by atoms with E-state index in [1.165, 1.54) is 19.3 Å². The Morgan fingerprint density at radius 2 is 1.88 bits per heavy atom. The van der Waals surface area contributed by atoms with Crippen LogP contribution in [0.5, 0.6) is 0 Å². The molecule has 0 radical (unpaired) electrons. The molecule has 3 unspecified atom stereocenters. The van der Waals surface area contributed by atoms with Crippen molar-refractivity contribution >= 4 is 15.9 Å². The van der Waals surface area contributed by atoms with Crippen molar-refractivity contribution in [1.82, 2.24) is 9.62 Å². The minimum atomic E-state index is -3.54. The SMILES string of the molecule is CC1CCN(C(=O)c2cccc(S(=O)(=O)NC3CC3)c2)C2CCCCC12. The molecule has 5 nitrogen and oxygen atoms in total. The van der Waals surface area contributed by atoms with Gasteiger partial charge in [-0.15, -0.1) is 0 Å². The highest BCUT2D eigenvalue weighted by atomic mass is 32.2. The highest BCUT2D eigenvalue weighted by Gasteiger charge is 2.39. The van der Waals surface area contributed by atoms with Gasteiger partial charge in [0.1, 0.15) is 0 Å². The lowest BCUT2D eigenvalue weighted by Gasteiger charge is -2.47. The second-order valence-electron chi connectivity index (χ2n) is 8.20. The number of nitrogens with one attached hydrogen (secondary N) is 1. The number of piperidine rings is 1. The van der Waals surface area contributed by atoms with Crippen molar-refractivity contribution in [3.63, 3.8) is 0 Å². The van der Waals surface area contributed by atoms with Crippen LogP contribution >= 0.6 is 0 Å². The number of hydrogen-bond acceptors (Lipinski definition) is 3. The van der Waals surface area contributed by atoms with E-state index in [-0.39, 0.29) is 16.8 Å². The molecular formula is C20H28N2O3S. The molecular weight excluding hydrogens is 348 g/mol. The van der Waals surface area contributed by atoms with Crippen LogP contribution in [0.2, 0.25) is 0 Å². The molecule has 1 N–H and O–H groups in total. The molecule has 4 rings (SSSR count). The number of carbonyl (C=O) groups is 1. The minimum Gasteiger partial charge on any atom is -0.335 e. The topological polar surface area (TPSA) is 66.5 Å². The summed E-state index contributed by atoms with van der Waals surface area (Å²) in [4.78, 5) is 15.4. The van der Waals surface area contributed by atoms with Gasteiger partial charge in [-0.1, -0.05) is 25.8 Å². The van der Waals surface area contributed by atoms with Crippen LogP contribution in [0.15, 0.2) is 29.2 Å². The van der Waals surface area contributed by atoms with Crippen LogP contribution < -0.4 is 4.72 Å². The van der Waals surface area contributed by atoms with Gasteiger partial charge < -0.3 is 4.90 Å². The molecule has 142 valence electrons. The number of rotatable bonds is 4. The van der Waals surface area contributed by atoms with E-state index >= 15 is 0 Å². The first-order chi connectivity index (χ1) is 12.5. The van der Waals surface area contributed by atoms with Crippen LogP contribution in [0.4, 0.5) is 0 Å². The molecule has 1 aromatic rings. The van der Waals surface area contributed by atoms with Crippen LogP contribution in [0.25, 0.3) is 0 Å². The van der Waals surface area contributed by atoms with Crippen LogP contribution in [0, 0.1) is 11.8 Å². The zero-order valence-electron chi connectivity index (χ0n) is 15.4. The number of likely N-dealkylation sites (tertiary alicyclic amines) is 1. The molecule has 0 spiro atoms. The van der Waals surface area contributed by atoms with Crippen LogP contribution in [-0.4, -0.2) is 37.9 Å². The van der Waals surface area contributed by atoms with Gasteiger partial charge in [0.2, 0.25) is 10.0 Å². The standard InChI is InChI=1S/C20H28N2O3S/c1-14-11-12-22(19-8-3-2-7-18(14)19)20(23)15-5-4-6-17(13-15)26(24,25)21-16-9-10-16/h4-6,13-14,16,18-19,21H,2-3,7-12H2,1H3. The molecule has 2 aliphatic carbocycles. The van der Waals surface area contributed by atoms with Gasteiger partial charge in [-0.25, -0.2) is 13.1 Å². The smallest absolute Gasteiger partial charge is 0.254 e. The summed E-state index contributed by atoms with van der Waals surface area (Å²) in [6.07, 6.45) is 7.54. The monoisotopic (exact) mass is 376 g/mol. The zero-order valence-corrected chi connectivity index (χ0v) is 16.2. The van der Waals surface area contributed by atoms with E-state index in [0.29, 0.717) is 23.4 Å². The van der Waals surface area contributed by atoms with E-state index in [2.05, 4.69) is 11.6 Å². The summed E-state index contributed by atoms with van der Waals surface area (Å²) in [6.45, 7) is 3.08. The fourth-order valence-electron chi connectivity index (χ4n) is 4.62. The average molecular weight is 377 g/mol. The summed E-state index contributed by atoms with van der Waals surface area (Å²) < 4.78 is 27.6. The van der Waals surface area contributed by atoms with Crippen molar-refractivity contribution in [2.75, 3.05) is 6.54 Å². The third-order valence-corrected chi connectivity index (χ3v) is 7.81. The molecule has 1 aromatic carbocycles. The van der Waals surface area contributed by atoms with Gasteiger partial charge in [0.05, 0.1) is 4.90 Å². The van der Waals surface area contributed by atoms with Gasteiger partial charge in [-0.05, 0) is 62.1 Å². The van der Waals surface area contributed by atoms with E-state index in [1.54, 1.807) is 24.3 Å². The zero-order chi connectivity index (χ0) is 18.3. The number of fused-ring (bicyclic) bond motifs is 1. The Labute approximate surface area is 156 Å². The lowest BCUT2D eigenvalue weighted by molar-refractivity contribution is 0.0217. The molecule has 1 aliphatic heterocycles. The largest absolute Gasteiger partial charge is 0.335 e. The van der Waals surface area contributed by atoms with Crippen molar-refractivity contribution in [3.8, 4) is 0 Å². The lowest BCUT2D eigenvalue weighted by atomic mass is 9.72. The van der Waals surface area contributed by atoms with Gasteiger partial charge in [0, 0.05) is 24.2 Å². The number of hydrogen-bond donors (Lipinski definition) is 1. The van der Waals surface area contributed by atoms with Crippen LogP contribution in [-0.2, 0) is 10.0 Å². The molecule has 26 heavy (non-hydrogen) atoms. The van der Waals surface area contributed by atoms with Crippen molar-refractivity contribution in [3.05, 3.63) is 29.8 Å². The number of nitrogens with zero attached hydrogens (tertiary/aromatic N) is 1.